The molecule has 0 aliphatic heterocycles. The first kappa shape index (κ1) is 11.2. The molecule has 0 aliphatic rings. The van der Waals surface area contributed by atoms with Gasteiger partial charge in [0.15, 0.2) is 11.5 Å². The molecule has 0 aliphatic carbocycles. The van der Waals surface area contributed by atoms with Gasteiger partial charge in [-0.2, -0.15) is 0 Å². The Balaban J connectivity index is 2.35. The van der Waals surface area contributed by atoms with Crippen molar-refractivity contribution in [2.75, 3.05) is 0 Å². The molecule has 6 nitrogen and oxygen atoms in total. The van der Waals surface area contributed by atoms with E-state index in [1.54, 1.807) is 19.2 Å². The van der Waals surface area contributed by atoms with E-state index in [2.05, 4.69) is 15.0 Å². The Morgan fingerprint density at radius 2 is 2.11 bits per heavy atom. The van der Waals surface area contributed by atoms with Crippen LogP contribution in [0.3, 0.4) is 0 Å². The van der Waals surface area contributed by atoms with Crippen LogP contribution in [0.5, 0.6) is 0 Å². The lowest BCUT2D eigenvalue weighted by molar-refractivity contribution is 0.832. The first-order valence-corrected chi connectivity index (χ1v) is 6.20. The van der Waals surface area contributed by atoms with Crippen LogP contribution in [0, 0.1) is 0 Å². The molecule has 0 saturated heterocycles. The number of imidazole rings is 1. The minimum Gasteiger partial charge on any atom is -0.331 e. The highest BCUT2D eigenvalue weighted by Gasteiger charge is 2.12. The lowest BCUT2D eigenvalue weighted by atomic mass is 10.4. The molecule has 0 fully saturated rings. The predicted octanol–water partition coefficient (Wildman–Crippen LogP) is 1.33. The number of aromatic amines is 2. The number of H-pyrrole nitrogens is 2. The second-order valence-corrected chi connectivity index (χ2v) is 5.42. The lowest BCUT2D eigenvalue weighted by Crippen LogP contribution is -2.28. The fraction of sp³-hybridized carbons (Fsp3) is 0.100. The summed E-state index contributed by atoms with van der Waals surface area (Å²) in [6.45, 7) is 0. The second kappa shape index (κ2) is 3.82. The highest BCUT2D eigenvalue weighted by molar-refractivity contribution is 7.19. The third kappa shape index (κ3) is 1.59. The van der Waals surface area contributed by atoms with Gasteiger partial charge in [0, 0.05) is 7.05 Å². The molecule has 0 saturated carbocycles. The zero-order chi connectivity index (χ0) is 12.9. The highest BCUT2D eigenvalue weighted by atomic mass is 35.5. The minimum absolute atomic E-state index is 0.275. The number of thiophene rings is 1. The Hall–Kier alpha value is -1.86. The predicted molar refractivity (Wildman–Crippen MR) is 70.3 cm³/mol. The van der Waals surface area contributed by atoms with Crippen molar-refractivity contribution in [1.82, 2.24) is 19.5 Å². The molecule has 8 heteroatoms. The third-order valence-corrected chi connectivity index (χ3v) is 3.80. The Labute approximate surface area is 109 Å². The SMILES string of the molecule is Cn1c(=O)[nH]c(=O)c2[nH]c(-c3ccc(Cl)s3)nc21. The van der Waals surface area contributed by atoms with Gasteiger partial charge in [0.1, 0.15) is 5.52 Å². The van der Waals surface area contributed by atoms with E-state index in [0.29, 0.717) is 15.8 Å². The standard InChI is InChI=1S/C10H7ClN4O2S/c1-15-8-6(9(16)14-10(15)17)12-7(13-8)4-2-3-5(11)18-4/h2-3H,1H3,(H,12,13)(H,14,16,17). The normalized spacial score (nSPS) is 11.2. The van der Waals surface area contributed by atoms with Gasteiger partial charge in [-0.05, 0) is 12.1 Å². The van der Waals surface area contributed by atoms with Crippen molar-refractivity contribution in [1.29, 1.82) is 0 Å². The van der Waals surface area contributed by atoms with Crippen LogP contribution in [0.4, 0.5) is 0 Å². The lowest BCUT2D eigenvalue weighted by Gasteiger charge is -1.94. The molecule has 0 amide bonds. The molecule has 0 bridgehead atoms. The maximum atomic E-state index is 11.6. The van der Waals surface area contributed by atoms with Crippen LogP contribution in [0.15, 0.2) is 21.7 Å². The van der Waals surface area contributed by atoms with Crippen molar-refractivity contribution in [2.24, 2.45) is 7.05 Å². The molecule has 92 valence electrons. The van der Waals surface area contributed by atoms with Gasteiger partial charge in [-0.15, -0.1) is 11.3 Å². The van der Waals surface area contributed by atoms with Gasteiger partial charge in [-0.3, -0.25) is 14.3 Å². The summed E-state index contributed by atoms with van der Waals surface area (Å²) < 4.78 is 1.92. The molecule has 0 aromatic carbocycles. The summed E-state index contributed by atoms with van der Waals surface area (Å²) in [5.41, 5.74) is -0.371. The molecule has 0 spiro atoms. The largest absolute Gasteiger partial charge is 0.331 e. The first-order valence-electron chi connectivity index (χ1n) is 5.01. The number of aromatic nitrogens is 4. The smallest absolute Gasteiger partial charge is 0.329 e. The Morgan fingerprint density at radius 3 is 2.78 bits per heavy atom. The van der Waals surface area contributed by atoms with Crippen LogP contribution < -0.4 is 11.2 Å². The van der Waals surface area contributed by atoms with E-state index >= 15 is 0 Å². The van der Waals surface area contributed by atoms with Crippen molar-refractivity contribution >= 4 is 34.1 Å². The zero-order valence-electron chi connectivity index (χ0n) is 9.15. The molecule has 0 unspecified atom stereocenters. The van der Waals surface area contributed by atoms with Crippen LogP contribution in [0.2, 0.25) is 4.34 Å². The highest BCUT2D eigenvalue weighted by Crippen LogP contribution is 2.29. The average molecular weight is 283 g/mol. The molecule has 18 heavy (non-hydrogen) atoms. The fourth-order valence-corrected chi connectivity index (χ4v) is 2.65. The summed E-state index contributed by atoms with van der Waals surface area (Å²) >= 11 is 7.19. The Bertz CT molecular complexity index is 857. The van der Waals surface area contributed by atoms with Crippen LogP contribution >= 0.6 is 22.9 Å². The van der Waals surface area contributed by atoms with Crippen molar-refractivity contribution in [3.63, 3.8) is 0 Å². The molecule has 0 atom stereocenters. The van der Waals surface area contributed by atoms with Gasteiger partial charge in [0.05, 0.1) is 9.21 Å². The van der Waals surface area contributed by atoms with Crippen LogP contribution in [-0.2, 0) is 7.05 Å². The van der Waals surface area contributed by atoms with Crippen molar-refractivity contribution in [2.45, 2.75) is 0 Å². The Kier molecular flexibility index (Phi) is 2.39. The van der Waals surface area contributed by atoms with E-state index < -0.39 is 11.2 Å². The summed E-state index contributed by atoms with van der Waals surface area (Å²) in [6, 6.07) is 3.55. The van der Waals surface area contributed by atoms with Gasteiger partial charge in [-0.25, -0.2) is 9.78 Å². The van der Waals surface area contributed by atoms with Crippen molar-refractivity contribution in [3.8, 4) is 10.7 Å². The van der Waals surface area contributed by atoms with Gasteiger partial charge >= 0.3 is 5.69 Å². The van der Waals surface area contributed by atoms with Gasteiger partial charge in [-0.1, -0.05) is 11.6 Å². The van der Waals surface area contributed by atoms with E-state index in [1.807, 2.05) is 0 Å². The van der Waals surface area contributed by atoms with Crippen LogP contribution in [0.25, 0.3) is 21.9 Å². The van der Waals surface area contributed by atoms with Gasteiger partial charge < -0.3 is 4.98 Å². The monoisotopic (exact) mass is 282 g/mol. The maximum absolute atomic E-state index is 11.6. The number of nitrogens with one attached hydrogen (secondary N) is 2. The quantitative estimate of drug-likeness (QED) is 0.706. The molecular weight excluding hydrogens is 276 g/mol. The Morgan fingerprint density at radius 1 is 1.33 bits per heavy atom. The summed E-state index contributed by atoms with van der Waals surface area (Å²) in [7, 11) is 1.55. The van der Waals surface area contributed by atoms with Gasteiger partial charge in [0.2, 0.25) is 0 Å². The minimum atomic E-state index is -0.491. The first-order chi connectivity index (χ1) is 8.56. The molecule has 3 heterocycles. The second-order valence-electron chi connectivity index (χ2n) is 3.71. The van der Waals surface area contributed by atoms with Crippen LogP contribution in [0.1, 0.15) is 0 Å². The topological polar surface area (TPSA) is 83.5 Å². The molecule has 3 rings (SSSR count). The molecule has 0 radical (unpaired) electrons. The summed E-state index contributed by atoms with van der Waals surface area (Å²) in [4.78, 5) is 33.3. The third-order valence-electron chi connectivity index (χ3n) is 2.56. The van der Waals surface area contributed by atoms with Gasteiger partial charge in [0.25, 0.3) is 5.56 Å². The average Bonchev–Trinajstić information content (AvgIpc) is 2.92. The summed E-state index contributed by atoms with van der Waals surface area (Å²) in [5.74, 6) is 0.522. The summed E-state index contributed by atoms with van der Waals surface area (Å²) in [5, 5.41) is 0. The number of aryl methyl sites for hydroxylation is 1. The van der Waals surface area contributed by atoms with E-state index in [4.69, 9.17) is 11.6 Å². The van der Waals surface area contributed by atoms with E-state index in [1.165, 1.54) is 15.9 Å². The van der Waals surface area contributed by atoms with E-state index in [9.17, 15) is 9.59 Å². The fourth-order valence-electron chi connectivity index (χ4n) is 1.66. The zero-order valence-corrected chi connectivity index (χ0v) is 10.7. The van der Waals surface area contributed by atoms with Crippen molar-refractivity contribution < 1.29 is 0 Å². The van der Waals surface area contributed by atoms with Crippen molar-refractivity contribution in [3.05, 3.63) is 37.3 Å². The van der Waals surface area contributed by atoms with E-state index in [0.717, 1.165) is 4.88 Å². The molecular formula is C10H7ClN4O2S. The summed E-state index contributed by atoms with van der Waals surface area (Å²) in [6.07, 6.45) is 0. The number of hydrogen-bond donors (Lipinski definition) is 2. The van der Waals surface area contributed by atoms with Crippen LogP contribution in [-0.4, -0.2) is 19.5 Å². The molecule has 3 aromatic rings. The number of halogens is 1. The number of rotatable bonds is 1. The maximum Gasteiger partial charge on any atom is 0.329 e. The number of hydrogen-bond acceptors (Lipinski definition) is 4. The number of fused-ring (bicyclic) bond motifs is 1. The van der Waals surface area contributed by atoms with E-state index in [-0.39, 0.29) is 5.52 Å². The molecule has 3 aromatic heterocycles. The molecule has 2 N–H and O–H groups in total. The number of nitrogens with zero attached hydrogens (tertiary/aromatic N) is 2.